The lowest BCUT2D eigenvalue weighted by Gasteiger charge is -2.34. The van der Waals surface area contributed by atoms with Crippen molar-refractivity contribution in [1.82, 2.24) is 14.7 Å². The van der Waals surface area contributed by atoms with E-state index in [1.807, 2.05) is 72.6 Å². The molecule has 35 heavy (non-hydrogen) atoms. The van der Waals surface area contributed by atoms with Gasteiger partial charge in [-0.1, -0.05) is 30.3 Å². The van der Waals surface area contributed by atoms with Gasteiger partial charge in [0.05, 0.1) is 18.8 Å². The number of anilines is 1. The summed E-state index contributed by atoms with van der Waals surface area (Å²) < 4.78 is 7.24. The number of carbonyl (C=O) groups excluding carboxylic acids is 2. The van der Waals surface area contributed by atoms with Gasteiger partial charge < -0.3 is 20.1 Å². The smallest absolute Gasteiger partial charge is 0.290 e. The van der Waals surface area contributed by atoms with Crippen molar-refractivity contribution in [3.8, 4) is 5.75 Å². The highest BCUT2D eigenvalue weighted by Gasteiger charge is 2.59. The number of benzene rings is 2. The Balaban J connectivity index is 0.000000917. The summed E-state index contributed by atoms with van der Waals surface area (Å²) in [6, 6.07) is 17.0. The third kappa shape index (κ3) is 4.37. The van der Waals surface area contributed by atoms with E-state index in [0.717, 1.165) is 22.5 Å². The van der Waals surface area contributed by atoms with Crippen molar-refractivity contribution < 1.29 is 24.2 Å². The lowest BCUT2D eigenvalue weighted by Crippen LogP contribution is -2.42. The molecule has 2 N–H and O–H groups in total. The van der Waals surface area contributed by atoms with Crippen molar-refractivity contribution in [2.24, 2.45) is 0 Å². The van der Waals surface area contributed by atoms with Crippen LogP contribution in [0.2, 0.25) is 0 Å². The highest BCUT2D eigenvalue weighted by Crippen LogP contribution is 2.55. The molecule has 2 aliphatic rings. The van der Waals surface area contributed by atoms with Crippen LogP contribution in [0.25, 0.3) is 0 Å². The van der Waals surface area contributed by atoms with Gasteiger partial charge in [-0.3, -0.25) is 19.1 Å². The first-order valence-electron chi connectivity index (χ1n) is 11.4. The lowest BCUT2D eigenvalue weighted by atomic mass is 9.72. The Hall–Kier alpha value is -4.14. The molecule has 5 rings (SSSR count). The molecular formula is C26H28N4O5. The summed E-state index contributed by atoms with van der Waals surface area (Å²) in [6.45, 7) is 2.70. The number of nitrogens with one attached hydrogen (secondary N) is 1. The molecule has 0 aliphatic carbocycles. The molecule has 2 aromatic carbocycles. The van der Waals surface area contributed by atoms with E-state index >= 15 is 0 Å². The minimum Gasteiger partial charge on any atom is -0.497 e. The topological polar surface area (TPSA) is 114 Å². The second-order valence-corrected chi connectivity index (χ2v) is 8.56. The van der Waals surface area contributed by atoms with Crippen LogP contribution >= 0.6 is 0 Å². The third-order valence-corrected chi connectivity index (χ3v) is 6.65. The van der Waals surface area contributed by atoms with Gasteiger partial charge in [0.15, 0.2) is 0 Å². The number of rotatable bonds is 5. The number of aromatic nitrogens is 2. The predicted molar refractivity (Wildman–Crippen MR) is 129 cm³/mol. The second-order valence-electron chi connectivity index (χ2n) is 8.56. The summed E-state index contributed by atoms with van der Waals surface area (Å²) in [5.41, 5.74) is 2.78. The number of methoxy groups -OCH3 is 1. The zero-order valence-electron chi connectivity index (χ0n) is 19.7. The van der Waals surface area contributed by atoms with Crippen molar-refractivity contribution in [1.29, 1.82) is 0 Å². The molecule has 2 aliphatic heterocycles. The normalized spacial score (nSPS) is 20.1. The fourth-order valence-electron chi connectivity index (χ4n) is 5.17. The minimum absolute atomic E-state index is 0.0139. The van der Waals surface area contributed by atoms with Crippen molar-refractivity contribution in [3.63, 3.8) is 0 Å². The number of para-hydroxylation sites is 1. The van der Waals surface area contributed by atoms with Gasteiger partial charge in [0, 0.05) is 31.4 Å². The number of ether oxygens (including phenoxy) is 1. The molecule has 1 spiro atoms. The van der Waals surface area contributed by atoms with E-state index in [2.05, 4.69) is 10.4 Å². The molecule has 1 fully saturated rings. The van der Waals surface area contributed by atoms with Gasteiger partial charge in [0.25, 0.3) is 6.47 Å². The summed E-state index contributed by atoms with van der Waals surface area (Å²) in [7, 11) is 1.62. The molecule has 3 heterocycles. The molecule has 182 valence electrons. The van der Waals surface area contributed by atoms with Crippen LogP contribution in [-0.4, -0.2) is 51.7 Å². The fraction of sp³-hybridized carbons (Fsp3) is 0.308. The summed E-state index contributed by atoms with van der Waals surface area (Å²) >= 11 is 0. The Bertz CT molecular complexity index is 1240. The maximum atomic E-state index is 13.4. The van der Waals surface area contributed by atoms with Crippen LogP contribution < -0.4 is 10.1 Å². The quantitative estimate of drug-likeness (QED) is 0.547. The van der Waals surface area contributed by atoms with E-state index in [9.17, 15) is 9.59 Å². The first-order valence-corrected chi connectivity index (χ1v) is 11.4. The largest absolute Gasteiger partial charge is 0.497 e. The van der Waals surface area contributed by atoms with E-state index in [1.54, 1.807) is 11.8 Å². The Morgan fingerprint density at radius 3 is 2.74 bits per heavy atom. The molecule has 0 saturated carbocycles. The number of hydrogen-bond acceptors (Lipinski definition) is 5. The molecule has 3 aromatic rings. The second kappa shape index (κ2) is 10.0. The van der Waals surface area contributed by atoms with Crippen LogP contribution in [0.1, 0.15) is 35.7 Å². The van der Waals surface area contributed by atoms with E-state index in [1.165, 1.54) is 0 Å². The average molecular weight is 477 g/mol. The summed E-state index contributed by atoms with van der Waals surface area (Å²) in [5.74, 6) is 0.667. The molecular weight excluding hydrogens is 448 g/mol. The van der Waals surface area contributed by atoms with Gasteiger partial charge >= 0.3 is 0 Å². The number of carbonyl (C=O) groups is 3. The molecule has 1 saturated heterocycles. The van der Waals surface area contributed by atoms with Gasteiger partial charge in [-0.05, 0) is 48.7 Å². The lowest BCUT2D eigenvalue weighted by molar-refractivity contribution is -0.134. The number of amides is 2. The Labute approximate surface area is 203 Å². The predicted octanol–water partition coefficient (Wildman–Crippen LogP) is 3.15. The van der Waals surface area contributed by atoms with Crippen LogP contribution in [0.4, 0.5) is 5.69 Å². The average Bonchev–Trinajstić information content (AvgIpc) is 3.55. The molecule has 0 unspecified atom stereocenters. The summed E-state index contributed by atoms with van der Waals surface area (Å²) in [6.07, 6.45) is 2.78. The molecule has 9 nitrogen and oxygen atoms in total. The van der Waals surface area contributed by atoms with Crippen molar-refractivity contribution in [3.05, 3.63) is 77.6 Å². The monoisotopic (exact) mass is 476 g/mol. The van der Waals surface area contributed by atoms with Crippen molar-refractivity contribution >= 4 is 24.0 Å². The number of likely N-dealkylation sites (tertiary alicyclic amines) is 1. The molecule has 0 bridgehead atoms. The Kier molecular flexibility index (Phi) is 6.86. The molecule has 9 heteroatoms. The highest BCUT2D eigenvalue weighted by atomic mass is 16.5. The fourth-order valence-corrected chi connectivity index (χ4v) is 5.17. The van der Waals surface area contributed by atoms with Crippen molar-refractivity contribution in [2.75, 3.05) is 19.0 Å². The van der Waals surface area contributed by atoms with Crippen LogP contribution in [0.5, 0.6) is 5.75 Å². The van der Waals surface area contributed by atoms with Gasteiger partial charge in [-0.15, -0.1) is 0 Å². The zero-order chi connectivity index (χ0) is 25.0. The number of nitrogens with zero attached hydrogens (tertiary/aromatic N) is 3. The van der Waals surface area contributed by atoms with E-state index in [-0.39, 0.29) is 18.3 Å². The van der Waals surface area contributed by atoms with E-state index in [4.69, 9.17) is 14.6 Å². The van der Waals surface area contributed by atoms with E-state index < -0.39 is 11.5 Å². The van der Waals surface area contributed by atoms with Crippen LogP contribution in [-0.2, 0) is 26.3 Å². The molecule has 1 aromatic heterocycles. The van der Waals surface area contributed by atoms with Gasteiger partial charge in [0.2, 0.25) is 11.8 Å². The summed E-state index contributed by atoms with van der Waals surface area (Å²) in [5, 5.41) is 14.3. The number of carboxylic acid groups (broad SMARTS) is 1. The number of fused-ring (bicyclic) bond motifs is 2. The molecule has 0 radical (unpaired) electrons. The first-order chi connectivity index (χ1) is 16.9. The minimum atomic E-state index is -0.819. The van der Waals surface area contributed by atoms with Gasteiger partial charge in [-0.2, -0.15) is 5.10 Å². The maximum Gasteiger partial charge on any atom is 0.290 e. The zero-order valence-corrected chi connectivity index (χ0v) is 19.7. The third-order valence-electron chi connectivity index (χ3n) is 6.65. The van der Waals surface area contributed by atoms with Gasteiger partial charge in [-0.25, -0.2) is 0 Å². The maximum absolute atomic E-state index is 13.4. The molecule has 2 atom stereocenters. The number of aryl methyl sites for hydroxylation is 2. The Morgan fingerprint density at radius 1 is 1.26 bits per heavy atom. The standard InChI is InChI=1S/C25H26N4O3.CH2O2/c1-17-10-13-28(27-17)14-11-22(30)29-15-12-25(20-8-3-4-9-21(20)26-24(25)31)23(29)18-6-5-7-19(16-18)32-2;2-1-3/h3-10,13,16,23H,11-12,14-15H2,1-2H3,(H,26,31);1H,(H,2,3)/t23-,25+;/m0./s1. The molecule has 2 amide bonds. The number of hydrogen-bond donors (Lipinski definition) is 2. The van der Waals surface area contributed by atoms with Crippen LogP contribution in [0.3, 0.4) is 0 Å². The summed E-state index contributed by atoms with van der Waals surface area (Å²) in [4.78, 5) is 37.1. The highest BCUT2D eigenvalue weighted by molar-refractivity contribution is 6.07. The van der Waals surface area contributed by atoms with Crippen LogP contribution in [0.15, 0.2) is 60.8 Å². The van der Waals surface area contributed by atoms with Crippen molar-refractivity contribution in [2.45, 2.75) is 37.8 Å². The first kappa shape index (κ1) is 24.0. The Morgan fingerprint density at radius 2 is 2.03 bits per heavy atom. The SMILES string of the molecule is COc1cccc([C@@H]2N(C(=O)CCn3ccc(C)n3)CC[C@]23C(=O)Nc2ccccc23)c1.O=CO. The van der Waals surface area contributed by atoms with Crippen LogP contribution in [0, 0.1) is 6.92 Å². The van der Waals surface area contributed by atoms with E-state index in [0.29, 0.717) is 31.7 Å². The van der Waals surface area contributed by atoms with Gasteiger partial charge in [0.1, 0.15) is 11.2 Å².